The fourth-order valence-electron chi connectivity index (χ4n) is 4.08. The van der Waals surface area contributed by atoms with Gasteiger partial charge in [-0.3, -0.25) is 14.3 Å². The molecule has 0 spiro atoms. The Balaban J connectivity index is 1.64. The summed E-state index contributed by atoms with van der Waals surface area (Å²) >= 11 is 3.49. The van der Waals surface area contributed by atoms with Crippen LogP contribution in [0.25, 0.3) is 16.6 Å². The number of ether oxygens (including phenoxy) is 2. The number of carbonyl (C=O) groups is 1. The van der Waals surface area contributed by atoms with Gasteiger partial charge in [0.15, 0.2) is 0 Å². The molecule has 0 saturated carbocycles. The number of fused-ring (bicyclic) bond motifs is 1. The van der Waals surface area contributed by atoms with Crippen LogP contribution < -0.4 is 21.3 Å². The van der Waals surface area contributed by atoms with Crippen LogP contribution in [0.2, 0.25) is 0 Å². The highest BCUT2D eigenvalue weighted by molar-refractivity contribution is 9.10. The number of rotatable bonds is 4. The van der Waals surface area contributed by atoms with Gasteiger partial charge >= 0.3 is 11.8 Å². The smallest absolute Gasteiger partial charge is 0.410 e. The zero-order valence-corrected chi connectivity index (χ0v) is 21.8. The molecule has 3 aromatic rings. The van der Waals surface area contributed by atoms with Gasteiger partial charge in [-0.1, -0.05) is 34.1 Å². The van der Waals surface area contributed by atoms with Crippen molar-refractivity contribution in [3.63, 3.8) is 0 Å². The maximum absolute atomic E-state index is 12.9. The number of aryl methyl sites for hydroxylation is 1. The molecule has 1 amide bonds. The molecule has 10 heteroatoms. The zero-order chi connectivity index (χ0) is 25.3. The van der Waals surface area contributed by atoms with E-state index in [1.807, 2.05) is 52.0 Å². The number of H-pyrrole nitrogens is 1. The highest BCUT2D eigenvalue weighted by Crippen LogP contribution is 2.29. The first-order valence-electron chi connectivity index (χ1n) is 11.4. The molecule has 2 heterocycles. The lowest BCUT2D eigenvalue weighted by Crippen LogP contribution is -2.55. The van der Waals surface area contributed by atoms with Crippen LogP contribution in [-0.2, 0) is 4.74 Å². The molecule has 186 valence electrons. The SMILES string of the molecule is Cc1ccccc1-n1c(=O)[nH]c(=O)c2c(OCC3CN(C(=O)OC(C)(C)C)CCN3)cc(Br)cc21. The van der Waals surface area contributed by atoms with E-state index in [-0.39, 0.29) is 24.1 Å². The fourth-order valence-corrected chi connectivity index (χ4v) is 4.51. The third-order valence-electron chi connectivity index (χ3n) is 5.64. The third-order valence-corrected chi connectivity index (χ3v) is 6.10. The molecule has 0 radical (unpaired) electrons. The minimum Gasteiger partial charge on any atom is -0.491 e. The van der Waals surface area contributed by atoms with E-state index in [9.17, 15) is 14.4 Å². The van der Waals surface area contributed by atoms with Gasteiger partial charge in [-0.05, 0) is 51.5 Å². The van der Waals surface area contributed by atoms with Crippen molar-refractivity contribution < 1.29 is 14.3 Å². The first kappa shape index (κ1) is 25.0. The van der Waals surface area contributed by atoms with E-state index in [1.54, 1.807) is 17.0 Å². The van der Waals surface area contributed by atoms with Crippen LogP contribution in [0.3, 0.4) is 0 Å². The van der Waals surface area contributed by atoms with E-state index < -0.39 is 16.9 Å². The molecule has 9 nitrogen and oxygen atoms in total. The Kier molecular flexibility index (Phi) is 7.05. The van der Waals surface area contributed by atoms with E-state index in [4.69, 9.17) is 9.47 Å². The van der Waals surface area contributed by atoms with E-state index in [0.29, 0.717) is 41.1 Å². The molecule has 1 unspecified atom stereocenters. The molecule has 2 aromatic carbocycles. The minimum atomic E-state index is -0.572. The van der Waals surface area contributed by atoms with Crippen molar-refractivity contribution in [3.8, 4) is 11.4 Å². The third kappa shape index (κ3) is 5.59. The molecular weight excluding hydrogens is 516 g/mol. The first-order valence-corrected chi connectivity index (χ1v) is 12.2. The van der Waals surface area contributed by atoms with Crippen molar-refractivity contribution in [1.29, 1.82) is 0 Å². The first-order chi connectivity index (χ1) is 16.5. The molecule has 1 fully saturated rings. The van der Waals surface area contributed by atoms with Gasteiger partial charge in [-0.25, -0.2) is 9.59 Å². The molecule has 1 atom stereocenters. The quantitative estimate of drug-likeness (QED) is 0.521. The van der Waals surface area contributed by atoms with Crippen molar-refractivity contribution in [1.82, 2.24) is 19.8 Å². The van der Waals surface area contributed by atoms with Crippen molar-refractivity contribution >= 4 is 32.9 Å². The number of para-hydroxylation sites is 1. The lowest BCUT2D eigenvalue weighted by atomic mass is 10.1. The number of nitrogens with zero attached hydrogens (tertiary/aromatic N) is 2. The molecule has 1 aliphatic rings. The second-order valence-electron chi connectivity index (χ2n) is 9.57. The number of piperazine rings is 1. The Bertz CT molecular complexity index is 1380. The molecular formula is C25H29BrN4O5. The van der Waals surface area contributed by atoms with Gasteiger partial charge in [0.1, 0.15) is 23.3 Å². The molecule has 0 bridgehead atoms. The number of aromatic nitrogens is 2. The van der Waals surface area contributed by atoms with Crippen molar-refractivity contribution in [2.45, 2.75) is 39.3 Å². The van der Waals surface area contributed by atoms with Gasteiger partial charge < -0.3 is 19.7 Å². The van der Waals surface area contributed by atoms with Crippen LogP contribution >= 0.6 is 15.9 Å². The molecule has 0 aliphatic carbocycles. The standard InChI is InChI=1S/C25H29BrN4O5/c1-15-7-5-6-8-18(15)30-19-11-16(26)12-20(21(19)22(31)28-23(30)32)34-14-17-13-29(10-9-27-17)24(33)35-25(2,3)4/h5-8,11-12,17,27H,9-10,13-14H2,1-4H3,(H,28,31,32). The minimum absolute atomic E-state index is 0.161. The Hall–Kier alpha value is -3.11. The molecule has 1 saturated heterocycles. The largest absolute Gasteiger partial charge is 0.491 e. The Morgan fingerprint density at radius 1 is 1.20 bits per heavy atom. The van der Waals surface area contributed by atoms with Crippen LogP contribution in [0.4, 0.5) is 4.79 Å². The monoisotopic (exact) mass is 544 g/mol. The maximum Gasteiger partial charge on any atom is 0.410 e. The van der Waals surface area contributed by atoms with E-state index in [2.05, 4.69) is 26.2 Å². The van der Waals surface area contributed by atoms with Gasteiger partial charge in [-0.15, -0.1) is 0 Å². The van der Waals surface area contributed by atoms with Crippen molar-refractivity contribution in [3.05, 3.63) is 67.3 Å². The predicted molar refractivity (Wildman–Crippen MR) is 138 cm³/mol. The van der Waals surface area contributed by atoms with E-state index in [0.717, 1.165) is 5.56 Å². The average molecular weight is 545 g/mol. The van der Waals surface area contributed by atoms with Crippen molar-refractivity contribution in [2.24, 2.45) is 0 Å². The van der Waals surface area contributed by atoms with Crippen LogP contribution in [0.15, 0.2) is 50.5 Å². The zero-order valence-electron chi connectivity index (χ0n) is 20.2. The summed E-state index contributed by atoms with van der Waals surface area (Å²) in [7, 11) is 0. The summed E-state index contributed by atoms with van der Waals surface area (Å²) in [6.07, 6.45) is -0.365. The van der Waals surface area contributed by atoms with E-state index >= 15 is 0 Å². The summed E-state index contributed by atoms with van der Waals surface area (Å²) in [4.78, 5) is 42.3. The molecule has 4 rings (SSSR count). The Labute approximate surface area is 211 Å². The van der Waals surface area contributed by atoms with Gasteiger partial charge in [0.25, 0.3) is 5.56 Å². The van der Waals surface area contributed by atoms with Crippen LogP contribution in [-0.4, -0.2) is 58.4 Å². The number of benzene rings is 2. The van der Waals surface area contributed by atoms with Gasteiger partial charge in [0.2, 0.25) is 0 Å². The second kappa shape index (κ2) is 9.87. The fraction of sp³-hybridized carbons (Fsp3) is 0.400. The molecule has 35 heavy (non-hydrogen) atoms. The Morgan fingerprint density at radius 2 is 1.94 bits per heavy atom. The molecule has 2 N–H and O–H groups in total. The second-order valence-corrected chi connectivity index (χ2v) is 10.5. The van der Waals surface area contributed by atoms with Gasteiger partial charge in [-0.2, -0.15) is 0 Å². The van der Waals surface area contributed by atoms with Crippen molar-refractivity contribution in [2.75, 3.05) is 26.2 Å². The number of amides is 1. The summed E-state index contributed by atoms with van der Waals surface area (Å²) in [6, 6.07) is 10.7. The average Bonchev–Trinajstić information content (AvgIpc) is 2.77. The number of nitrogens with one attached hydrogen (secondary N) is 2. The van der Waals surface area contributed by atoms with Crippen LogP contribution in [0.1, 0.15) is 26.3 Å². The lowest BCUT2D eigenvalue weighted by Gasteiger charge is -2.34. The summed E-state index contributed by atoms with van der Waals surface area (Å²) in [5.41, 5.74) is 0.372. The Morgan fingerprint density at radius 3 is 2.66 bits per heavy atom. The molecule has 1 aromatic heterocycles. The summed E-state index contributed by atoms with van der Waals surface area (Å²) < 4.78 is 13.7. The highest BCUT2D eigenvalue weighted by Gasteiger charge is 2.28. The van der Waals surface area contributed by atoms with Crippen LogP contribution in [0.5, 0.6) is 5.75 Å². The maximum atomic E-state index is 12.9. The predicted octanol–water partition coefficient (Wildman–Crippen LogP) is 3.34. The number of carbonyl (C=O) groups excluding carboxylic acids is 1. The van der Waals surface area contributed by atoms with E-state index in [1.165, 1.54) is 4.57 Å². The number of aromatic amines is 1. The highest BCUT2D eigenvalue weighted by atomic mass is 79.9. The lowest BCUT2D eigenvalue weighted by molar-refractivity contribution is 0.0178. The molecule has 1 aliphatic heterocycles. The number of hydrogen-bond acceptors (Lipinski definition) is 6. The summed E-state index contributed by atoms with van der Waals surface area (Å²) in [6.45, 7) is 9.16. The number of halogens is 1. The summed E-state index contributed by atoms with van der Waals surface area (Å²) in [5.74, 6) is 0.342. The number of hydrogen-bond donors (Lipinski definition) is 2. The van der Waals surface area contributed by atoms with Gasteiger partial charge in [0.05, 0.1) is 17.2 Å². The summed E-state index contributed by atoms with van der Waals surface area (Å²) in [5, 5.41) is 3.61. The van der Waals surface area contributed by atoms with Gasteiger partial charge in [0, 0.05) is 24.1 Å². The topological polar surface area (TPSA) is 106 Å². The van der Waals surface area contributed by atoms with Crippen LogP contribution in [0, 0.1) is 6.92 Å². The normalized spacial score (nSPS) is 16.4.